The Morgan fingerprint density at radius 1 is 0.971 bits per heavy atom. The Balaban J connectivity index is 1.25. The summed E-state index contributed by atoms with van der Waals surface area (Å²) in [6, 6.07) is 12.2. The molecular formula is C27H32ClN3O2S. The molecule has 0 atom stereocenters. The van der Waals surface area contributed by atoms with Crippen LogP contribution in [-0.4, -0.2) is 40.4 Å². The number of nitrogens with one attached hydrogen (secondary N) is 1. The molecule has 1 N–H and O–H groups in total. The minimum atomic E-state index is 0.0108. The molecule has 1 aliphatic heterocycles. The number of fused-ring (bicyclic) bond motifs is 1. The highest BCUT2D eigenvalue weighted by Crippen LogP contribution is 2.29. The number of nitrogens with zero attached hydrogens (tertiary/aromatic N) is 2. The van der Waals surface area contributed by atoms with Crippen LogP contribution in [0.4, 0.5) is 0 Å². The Morgan fingerprint density at radius 3 is 2.38 bits per heavy atom. The Hall–Kier alpha value is -2.31. The lowest BCUT2D eigenvalue weighted by atomic mass is 9.95. The van der Waals surface area contributed by atoms with Crippen molar-refractivity contribution in [2.45, 2.75) is 64.0 Å². The van der Waals surface area contributed by atoms with E-state index in [4.69, 9.17) is 11.6 Å². The van der Waals surface area contributed by atoms with Crippen LogP contribution in [0.5, 0.6) is 0 Å². The van der Waals surface area contributed by atoms with Crippen molar-refractivity contribution in [2.24, 2.45) is 5.92 Å². The molecule has 2 aromatic heterocycles. The lowest BCUT2D eigenvalue weighted by molar-refractivity contribution is -0.127. The van der Waals surface area contributed by atoms with Crippen molar-refractivity contribution in [3.05, 3.63) is 58.1 Å². The van der Waals surface area contributed by atoms with Crippen LogP contribution >= 0.6 is 22.9 Å². The Kier molecular flexibility index (Phi) is 7.26. The number of hydrogen-bond acceptors (Lipinski definition) is 3. The van der Waals surface area contributed by atoms with E-state index in [0.717, 1.165) is 47.2 Å². The molecule has 2 aliphatic rings. The van der Waals surface area contributed by atoms with Gasteiger partial charge in [-0.3, -0.25) is 9.59 Å². The minimum absolute atomic E-state index is 0.0108. The molecule has 0 spiro atoms. The van der Waals surface area contributed by atoms with Crippen LogP contribution in [-0.2, 0) is 11.3 Å². The van der Waals surface area contributed by atoms with Gasteiger partial charge in [0.15, 0.2) is 0 Å². The summed E-state index contributed by atoms with van der Waals surface area (Å²) in [5.74, 6) is 0.252. The molecule has 5 rings (SSSR count). The van der Waals surface area contributed by atoms with Crippen LogP contribution in [0.2, 0.25) is 5.02 Å². The molecular weight excluding hydrogens is 466 g/mol. The normalized spacial score (nSPS) is 18.2. The third kappa shape index (κ3) is 5.18. The molecule has 0 radical (unpaired) electrons. The van der Waals surface area contributed by atoms with Crippen molar-refractivity contribution < 1.29 is 9.59 Å². The molecule has 180 valence electrons. The Labute approximate surface area is 210 Å². The maximum absolute atomic E-state index is 13.6. The number of benzene rings is 1. The summed E-state index contributed by atoms with van der Waals surface area (Å²) in [6.07, 6.45) is 8.66. The van der Waals surface area contributed by atoms with E-state index >= 15 is 0 Å². The number of carbonyl (C=O) groups is 2. The minimum Gasteiger partial charge on any atom is -0.353 e. The lowest BCUT2D eigenvalue weighted by Gasteiger charge is -2.32. The van der Waals surface area contributed by atoms with E-state index in [9.17, 15) is 9.59 Å². The van der Waals surface area contributed by atoms with Gasteiger partial charge in [0.25, 0.3) is 5.91 Å². The van der Waals surface area contributed by atoms with Crippen LogP contribution < -0.4 is 5.32 Å². The van der Waals surface area contributed by atoms with Gasteiger partial charge in [0.1, 0.15) is 10.5 Å². The first-order chi connectivity index (χ1) is 16.6. The number of rotatable bonds is 5. The van der Waals surface area contributed by atoms with E-state index in [0.29, 0.717) is 30.7 Å². The smallest absolute Gasteiger partial charge is 0.270 e. The van der Waals surface area contributed by atoms with E-state index in [-0.39, 0.29) is 17.7 Å². The van der Waals surface area contributed by atoms with Gasteiger partial charge >= 0.3 is 0 Å². The quantitative estimate of drug-likeness (QED) is 0.433. The van der Waals surface area contributed by atoms with Gasteiger partial charge in [0, 0.05) is 42.0 Å². The molecule has 5 nitrogen and oxygen atoms in total. The van der Waals surface area contributed by atoms with Crippen molar-refractivity contribution in [1.82, 2.24) is 14.8 Å². The SMILES string of the molecule is O=C(NC1CCCCCC1)C1CCN(C(=O)c2cc3ccsc3n2Cc2ccc(Cl)cc2)CC1. The van der Waals surface area contributed by atoms with Crippen LogP contribution in [0.25, 0.3) is 10.2 Å². The molecule has 1 aliphatic carbocycles. The fourth-order valence-corrected chi connectivity index (χ4v) is 6.35. The monoisotopic (exact) mass is 497 g/mol. The third-order valence-electron chi connectivity index (χ3n) is 7.33. The van der Waals surface area contributed by atoms with Crippen LogP contribution in [0.15, 0.2) is 41.8 Å². The van der Waals surface area contributed by atoms with Gasteiger partial charge in [0.2, 0.25) is 5.91 Å². The van der Waals surface area contributed by atoms with Crippen molar-refractivity contribution in [3.63, 3.8) is 0 Å². The van der Waals surface area contributed by atoms with Gasteiger partial charge in [-0.25, -0.2) is 0 Å². The van der Waals surface area contributed by atoms with E-state index in [1.165, 1.54) is 25.7 Å². The van der Waals surface area contributed by atoms with Gasteiger partial charge in [0.05, 0.1) is 0 Å². The first-order valence-electron chi connectivity index (χ1n) is 12.5. The van der Waals surface area contributed by atoms with E-state index in [1.54, 1.807) is 11.3 Å². The van der Waals surface area contributed by atoms with Gasteiger partial charge in [-0.05, 0) is 60.9 Å². The zero-order valence-corrected chi connectivity index (χ0v) is 21.0. The second-order valence-corrected chi connectivity index (χ2v) is 11.0. The second-order valence-electron chi connectivity index (χ2n) is 9.69. The highest BCUT2D eigenvalue weighted by Gasteiger charge is 2.30. The largest absolute Gasteiger partial charge is 0.353 e. The van der Waals surface area contributed by atoms with Crippen LogP contribution in [0.1, 0.15) is 67.4 Å². The Bertz CT molecular complexity index is 1140. The first-order valence-corrected chi connectivity index (χ1v) is 13.7. The number of halogens is 1. The van der Waals surface area contributed by atoms with Crippen molar-refractivity contribution >= 4 is 45.0 Å². The van der Waals surface area contributed by atoms with Crippen LogP contribution in [0, 0.1) is 5.92 Å². The number of piperidine rings is 1. The molecule has 7 heteroatoms. The maximum atomic E-state index is 13.6. The van der Waals surface area contributed by atoms with E-state index in [1.807, 2.05) is 35.2 Å². The summed E-state index contributed by atoms with van der Waals surface area (Å²) in [5, 5.41) is 7.17. The number of aromatic nitrogens is 1. The predicted molar refractivity (Wildman–Crippen MR) is 139 cm³/mol. The number of thiophene rings is 1. The highest BCUT2D eigenvalue weighted by molar-refractivity contribution is 7.16. The van der Waals surface area contributed by atoms with Gasteiger partial charge in [-0.1, -0.05) is 49.4 Å². The van der Waals surface area contributed by atoms with Crippen molar-refractivity contribution in [1.29, 1.82) is 0 Å². The summed E-state index contributed by atoms with van der Waals surface area (Å²) in [6.45, 7) is 1.88. The third-order valence-corrected chi connectivity index (χ3v) is 8.53. The predicted octanol–water partition coefficient (Wildman–Crippen LogP) is 6.10. The molecule has 1 saturated carbocycles. The number of amides is 2. The molecule has 1 aromatic carbocycles. The van der Waals surface area contributed by atoms with Gasteiger partial charge in [-0.2, -0.15) is 0 Å². The fraction of sp³-hybridized carbons (Fsp3) is 0.481. The maximum Gasteiger partial charge on any atom is 0.270 e. The second kappa shape index (κ2) is 10.5. The standard InChI is InChI=1S/C27H32ClN3O2S/c28-22-9-7-19(8-10-22)18-31-24(17-21-13-16-34-27(21)31)26(33)30-14-11-20(12-15-30)25(32)29-23-5-3-1-2-4-6-23/h7-10,13,16-17,20,23H,1-6,11-12,14-15,18H2,(H,29,32). The average molecular weight is 498 g/mol. The number of likely N-dealkylation sites (tertiary alicyclic amines) is 1. The van der Waals surface area contributed by atoms with Crippen molar-refractivity contribution in [2.75, 3.05) is 13.1 Å². The summed E-state index contributed by atoms with van der Waals surface area (Å²) >= 11 is 7.71. The molecule has 2 fully saturated rings. The average Bonchev–Trinajstić information content (AvgIpc) is 3.34. The zero-order valence-electron chi connectivity index (χ0n) is 19.5. The first kappa shape index (κ1) is 23.4. The number of hydrogen-bond donors (Lipinski definition) is 1. The van der Waals surface area contributed by atoms with Gasteiger partial charge < -0.3 is 14.8 Å². The lowest BCUT2D eigenvalue weighted by Crippen LogP contribution is -2.45. The summed E-state index contributed by atoms with van der Waals surface area (Å²) < 4.78 is 2.12. The summed E-state index contributed by atoms with van der Waals surface area (Å²) in [5.41, 5.74) is 1.83. The zero-order chi connectivity index (χ0) is 23.5. The number of carbonyl (C=O) groups excluding carboxylic acids is 2. The molecule has 0 bridgehead atoms. The Morgan fingerprint density at radius 2 is 1.68 bits per heavy atom. The molecule has 1 saturated heterocycles. The molecule has 3 aromatic rings. The summed E-state index contributed by atoms with van der Waals surface area (Å²) in [4.78, 5) is 29.4. The van der Waals surface area contributed by atoms with Gasteiger partial charge in [-0.15, -0.1) is 11.3 Å². The highest BCUT2D eigenvalue weighted by atomic mass is 35.5. The molecule has 3 heterocycles. The topological polar surface area (TPSA) is 54.3 Å². The van der Waals surface area contributed by atoms with Crippen LogP contribution in [0.3, 0.4) is 0 Å². The summed E-state index contributed by atoms with van der Waals surface area (Å²) in [7, 11) is 0. The van der Waals surface area contributed by atoms with Crippen molar-refractivity contribution in [3.8, 4) is 0 Å². The fourth-order valence-electron chi connectivity index (χ4n) is 5.33. The van der Waals surface area contributed by atoms with E-state index in [2.05, 4.69) is 21.3 Å². The molecule has 0 unspecified atom stereocenters. The molecule has 2 amide bonds. The van der Waals surface area contributed by atoms with E-state index < -0.39 is 0 Å². The molecule has 34 heavy (non-hydrogen) atoms.